The Labute approximate surface area is 180 Å². The van der Waals surface area contributed by atoms with Crippen molar-refractivity contribution in [2.75, 3.05) is 25.5 Å². The van der Waals surface area contributed by atoms with Crippen LogP contribution in [0.4, 0.5) is 5.69 Å². The molecular weight excluding hydrogens is 420 g/mol. The van der Waals surface area contributed by atoms with E-state index in [1.165, 1.54) is 34.4 Å². The van der Waals surface area contributed by atoms with Crippen LogP contribution in [0.15, 0.2) is 53.4 Å². The van der Waals surface area contributed by atoms with E-state index in [2.05, 4.69) is 20.7 Å². The van der Waals surface area contributed by atoms with Gasteiger partial charge in [0, 0.05) is 18.7 Å². The van der Waals surface area contributed by atoms with Crippen molar-refractivity contribution in [3.8, 4) is 17.1 Å². The second-order valence-corrected chi connectivity index (χ2v) is 8.45. The predicted octanol–water partition coefficient (Wildman–Crippen LogP) is 2.02. The predicted molar refractivity (Wildman–Crippen MR) is 115 cm³/mol. The fraction of sp³-hybridized carbons (Fsp3) is 0.300. The lowest BCUT2D eigenvalue weighted by Gasteiger charge is -2.19. The monoisotopic (exact) mass is 444 g/mol. The molecule has 0 spiro atoms. The van der Waals surface area contributed by atoms with Crippen LogP contribution in [0.25, 0.3) is 11.4 Å². The van der Waals surface area contributed by atoms with Crippen LogP contribution in [0.2, 0.25) is 0 Å². The minimum Gasteiger partial charge on any atom is -0.495 e. The van der Waals surface area contributed by atoms with Gasteiger partial charge in [-0.25, -0.2) is 8.42 Å². The van der Waals surface area contributed by atoms with Gasteiger partial charge in [-0.05, 0) is 23.4 Å². The van der Waals surface area contributed by atoms with Crippen molar-refractivity contribution in [1.82, 2.24) is 24.5 Å². The quantitative estimate of drug-likeness (QED) is 0.536. The largest absolute Gasteiger partial charge is 0.495 e. The zero-order valence-corrected chi connectivity index (χ0v) is 18.3. The second kappa shape index (κ2) is 9.67. The summed E-state index contributed by atoms with van der Waals surface area (Å²) in [4.78, 5) is 13.8. The molecule has 0 radical (unpaired) electrons. The third-order valence-corrected chi connectivity index (χ3v) is 6.60. The average Bonchev–Trinajstić information content (AvgIpc) is 3.23. The molecule has 11 heteroatoms. The zero-order valence-electron chi connectivity index (χ0n) is 17.5. The standard InChI is InChI=1S/C20H24N6O4S/c1-4-25(5-2)31(28,29)16-11-12-18(30-3)17(13-16)21-19(27)14-26-23-20(22-24-26)15-9-7-6-8-10-15/h6-13H,4-5,14H2,1-3H3,(H,21,27). The lowest BCUT2D eigenvalue weighted by Crippen LogP contribution is -2.30. The van der Waals surface area contributed by atoms with Crippen LogP contribution in [0, 0.1) is 0 Å². The molecule has 0 aliphatic rings. The number of tetrazole rings is 1. The number of hydrogen-bond acceptors (Lipinski definition) is 7. The summed E-state index contributed by atoms with van der Waals surface area (Å²) in [7, 11) is -2.24. The molecule has 1 heterocycles. The fourth-order valence-electron chi connectivity index (χ4n) is 2.99. The molecular formula is C20H24N6O4S. The molecule has 0 aliphatic carbocycles. The van der Waals surface area contributed by atoms with Crippen molar-refractivity contribution >= 4 is 21.6 Å². The second-order valence-electron chi connectivity index (χ2n) is 6.51. The number of amides is 1. The highest BCUT2D eigenvalue weighted by Gasteiger charge is 2.23. The van der Waals surface area contributed by atoms with Crippen LogP contribution >= 0.6 is 0 Å². The summed E-state index contributed by atoms with van der Waals surface area (Å²) in [5.74, 6) is 0.286. The molecule has 3 aromatic rings. The van der Waals surface area contributed by atoms with Gasteiger partial charge in [-0.3, -0.25) is 4.79 Å². The summed E-state index contributed by atoms with van der Waals surface area (Å²) in [6.45, 7) is 4.02. The summed E-state index contributed by atoms with van der Waals surface area (Å²) in [5.41, 5.74) is 1.02. The van der Waals surface area contributed by atoms with E-state index in [0.717, 1.165) is 5.56 Å². The van der Waals surface area contributed by atoms with Crippen LogP contribution in [-0.2, 0) is 21.4 Å². The zero-order chi connectivity index (χ0) is 22.4. The Bertz CT molecular complexity index is 1140. The molecule has 0 saturated heterocycles. The van der Waals surface area contributed by atoms with Crippen LogP contribution < -0.4 is 10.1 Å². The Morgan fingerprint density at radius 3 is 2.48 bits per heavy atom. The number of benzene rings is 2. The van der Waals surface area contributed by atoms with Gasteiger partial charge in [-0.15, -0.1) is 10.2 Å². The van der Waals surface area contributed by atoms with Crippen molar-refractivity contribution in [3.63, 3.8) is 0 Å². The van der Waals surface area contributed by atoms with Gasteiger partial charge in [-0.2, -0.15) is 9.10 Å². The topological polar surface area (TPSA) is 119 Å². The number of carbonyl (C=O) groups is 1. The van der Waals surface area contributed by atoms with Gasteiger partial charge in [0.25, 0.3) is 0 Å². The highest BCUT2D eigenvalue weighted by atomic mass is 32.2. The number of hydrogen-bond donors (Lipinski definition) is 1. The molecule has 2 aromatic carbocycles. The van der Waals surface area contributed by atoms with E-state index in [4.69, 9.17) is 4.74 Å². The van der Waals surface area contributed by atoms with Gasteiger partial charge < -0.3 is 10.1 Å². The molecule has 0 saturated carbocycles. The molecule has 0 unspecified atom stereocenters. The Balaban J connectivity index is 1.79. The lowest BCUT2D eigenvalue weighted by molar-refractivity contribution is -0.117. The van der Waals surface area contributed by atoms with Gasteiger partial charge in [0.2, 0.25) is 21.8 Å². The molecule has 10 nitrogen and oxygen atoms in total. The first kappa shape index (κ1) is 22.4. The maximum absolute atomic E-state index is 12.8. The summed E-state index contributed by atoms with van der Waals surface area (Å²) >= 11 is 0. The van der Waals surface area contributed by atoms with E-state index in [1.54, 1.807) is 13.8 Å². The van der Waals surface area contributed by atoms with E-state index in [9.17, 15) is 13.2 Å². The molecule has 0 aliphatic heterocycles. The molecule has 0 bridgehead atoms. The van der Waals surface area contributed by atoms with Crippen LogP contribution in [0.1, 0.15) is 13.8 Å². The first-order chi connectivity index (χ1) is 14.9. The molecule has 164 valence electrons. The van der Waals surface area contributed by atoms with Gasteiger partial charge in [0.15, 0.2) is 0 Å². The minimum absolute atomic E-state index is 0.0672. The van der Waals surface area contributed by atoms with Crippen LogP contribution in [0.3, 0.4) is 0 Å². The van der Waals surface area contributed by atoms with E-state index < -0.39 is 15.9 Å². The Morgan fingerprint density at radius 1 is 1.13 bits per heavy atom. The molecule has 1 aromatic heterocycles. The number of nitrogens with zero attached hydrogens (tertiary/aromatic N) is 5. The summed E-state index contributed by atoms with van der Waals surface area (Å²) in [6.07, 6.45) is 0. The highest BCUT2D eigenvalue weighted by Crippen LogP contribution is 2.29. The van der Waals surface area contributed by atoms with Gasteiger partial charge in [0.1, 0.15) is 12.3 Å². The fourth-order valence-corrected chi connectivity index (χ4v) is 4.47. The highest BCUT2D eigenvalue weighted by molar-refractivity contribution is 7.89. The maximum atomic E-state index is 12.8. The third-order valence-electron chi connectivity index (χ3n) is 4.56. The summed E-state index contributed by atoms with van der Waals surface area (Å²) in [6, 6.07) is 13.6. The molecule has 0 atom stereocenters. The van der Waals surface area contributed by atoms with Gasteiger partial charge >= 0.3 is 0 Å². The minimum atomic E-state index is -3.68. The summed E-state index contributed by atoms with van der Waals surface area (Å²) in [5, 5.41) is 14.7. The lowest BCUT2D eigenvalue weighted by atomic mass is 10.2. The molecule has 1 amide bonds. The van der Waals surface area contributed by atoms with Crippen molar-refractivity contribution in [2.45, 2.75) is 25.3 Å². The van der Waals surface area contributed by atoms with Gasteiger partial charge in [-0.1, -0.05) is 44.2 Å². The average molecular weight is 445 g/mol. The first-order valence-electron chi connectivity index (χ1n) is 9.70. The number of sulfonamides is 1. The van der Waals surface area contributed by atoms with Crippen molar-refractivity contribution < 1.29 is 17.9 Å². The molecule has 1 N–H and O–H groups in total. The molecule has 3 rings (SSSR count). The summed E-state index contributed by atoms with van der Waals surface area (Å²) < 4.78 is 32.2. The normalized spacial score (nSPS) is 11.5. The van der Waals surface area contributed by atoms with Crippen molar-refractivity contribution in [2.24, 2.45) is 0 Å². The number of nitrogens with one attached hydrogen (secondary N) is 1. The Hall–Kier alpha value is -3.31. The molecule has 0 fully saturated rings. The van der Waals surface area contributed by atoms with Gasteiger partial charge in [0.05, 0.1) is 17.7 Å². The van der Waals surface area contributed by atoms with Crippen molar-refractivity contribution in [1.29, 1.82) is 0 Å². The number of rotatable bonds is 9. The van der Waals surface area contributed by atoms with E-state index >= 15 is 0 Å². The molecule has 31 heavy (non-hydrogen) atoms. The SMILES string of the molecule is CCN(CC)S(=O)(=O)c1ccc(OC)c(NC(=O)Cn2nnc(-c3ccccc3)n2)c1. The number of aromatic nitrogens is 4. The number of carbonyl (C=O) groups excluding carboxylic acids is 1. The van der Waals surface area contributed by atoms with Crippen LogP contribution in [0.5, 0.6) is 5.75 Å². The number of methoxy groups -OCH3 is 1. The third kappa shape index (κ3) is 5.06. The smallest absolute Gasteiger partial charge is 0.248 e. The van der Waals surface area contributed by atoms with E-state index in [0.29, 0.717) is 24.7 Å². The number of ether oxygens (including phenoxy) is 1. The van der Waals surface area contributed by atoms with Crippen LogP contribution in [-0.4, -0.2) is 59.0 Å². The van der Waals surface area contributed by atoms with E-state index in [-0.39, 0.29) is 17.1 Å². The Kier molecular flexibility index (Phi) is 6.98. The van der Waals surface area contributed by atoms with E-state index in [1.807, 2.05) is 30.3 Å². The first-order valence-corrected chi connectivity index (χ1v) is 11.1. The number of anilines is 1. The Morgan fingerprint density at radius 2 is 1.84 bits per heavy atom. The van der Waals surface area contributed by atoms with Crippen molar-refractivity contribution in [3.05, 3.63) is 48.5 Å². The maximum Gasteiger partial charge on any atom is 0.248 e.